The van der Waals surface area contributed by atoms with Gasteiger partial charge < -0.3 is 4.98 Å². The molecule has 1 heterocycles. The molecule has 10 heteroatoms. The van der Waals surface area contributed by atoms with Crippen molar-refractivity contribution in [1.82, 2.24) is 9.97 Å². The summed E-state index contributed by atoms with van der Waals surface area (Å²) in [7, 11) is -9.55. The average molecular weight is 278 g/mol. The minimum atomic E-state index is -4.78. The summed E-state index contributed by atoms with van der Waals surface area (Å²) < 4.78 is 61.8. The van der Waals surface area contributed by atoms with Gasteiger partial charge in [-0.15, -0.1) is 0 Å². The minimum Gasteiger partial charge on any atom is -0.345 e. The van der Waals surface area contributed by atoms with E-state index in [4.69, 9.17) is 9.11 Å². The Morgan fingerprint density at radius 3 is 2.06 bits per heavy atom. The summed E-state index contributed by atoms with van der Waals surface area (Å²) in [6.45, 7) is 0. The van der Waals surface area contributed by atoms with Gasteiger partial charge in [-0.3, -0.25) is 9.11 Å². The molecule has 0 saturated carbocycles. The summed E-state index contributed by atoms with van der Waals surface area (Å²) in [4.78, 5) is 4.43. The molecular formula is C7H6N2O6S2. The molecule has 0 bridgehead atoms. The largest absolute Gasteiger partial charge is 0.345 e. The number of aromatic amines is 1. The monoisotopic (exact) mass is 278 g/mol. The van der Waals surface area contributed by atoms with E-state index in [9.17, 15) is 16.8 Å². The Balaban J connectivity index is 2.98. The van der Waals surface area contributed by atoms with Crippen molar-refractivity contribution in [2.24, 2.45) is 0 Å². The third-order valence-corrected chi connectivity index (χ3v) is 3.96. The zero-order chi connectivity index (χ0) is 12.8. The molecular weight excluding hydrogens is 272 g/mol. The summed E-state index contributed by atoms with van der Waals surface area (Å²) in [6, 6.07) is 1.73. The van der Waals surface area contributed by atoms with Crippen molar-refractivity contribution in [2.75, 3.05) is 0 Å². The molecule has 1 aromatic heterocycles. The Labute approximate surface area is 95.8 Å². The first kappa shape index (κ1) is 12.0. The molecule has 17 heavy (non-hydrogen) atoms. The van der Waals surface area contributed by atoms with Crippen LogP contribution in [0.2, 0.25) is 0 Å². The van der Waals surface area contributed by atoms with Gasteiger partial charge in [-0.1, -0.05) is 0 Å². The topological polar surface area (TPSA) is 137 Å². The molecule has 0 radical (unpaired) electrons. The molecule has 0 amide bonds. The number of nitrogens with one attached hydrogen (secondary N) is 1. The van der Waals surface area contributed by atoms with Crippen LogP contribution in [0, 0.1) is 0 Å². The Bertz CT molecular complexity index is 723. The summed E-state index contributed by atoms with van der Waals surface area (Å²) in [5.41, 5.74) is 0.357. The zero-order valence-electron chi connectivity index (χ0n) is 8.02. The molecule has 0 aliphatic carbocycles. The molecule has 0 aliphatic heterocycles. The van der Waals surface area contributed by atoms with Gasteiger partial charge in [0.2, 0.25) is 0 Å². The maximum absolute atomic E-state index is 11.0. The third-order valence-electron chi connectivity index (χ3n) is 2.04. The van der Waals surface area contributed by atoms with Gasteiger partial charge in [0.25, 0.3) is 20.2 Å². The van der Waals surface area contributed by atoms with E-state index < -0.39 is 30.0 Å². The lowest BCUT2D eigenvalue weighted by Gasteiger charge is -2.03. The van der Waals surface area contributed by atoms with Gasteiger partial charge in [0, 0.05) is 0 Å². The molecule has 0 saturated heterocycles. The van der Waals surface area contributed by atoms with Crippen molar-refractivity contribution < 1.29 is 25.9 Å². The summed E-state index contributed by atoms with van der Waals surface area (Å²) in [6.07, 6.45) is 1.21. The predicted molar refractivity (Wildman–Crippen MR) is 55.7 cm³/mol. The highest BCUT2D eigenvalue weighted by Crippen LogP contribution is 2.25. The number of imidazole rings is 1. The first-order chi connectivity index (χ1) is 7.69. The van der Waals surface area contributed by atoms with Crippen LogP contribution in [0.25, 0.3) is 11.0 Å². The normalized spacial score (nSPS) is 13.1. The number of hydrogen-bond donors (Lipinski definition) is 3. The van der Waals surface area contributed by atoms with Crippen molar-refractivity contribution in [1.29, 1.82) is 0 Å². The number of hydrogen-bond acceptors (Lipinski definition) is 5. The molecule has 0 spiro atoms. The van der Waals surface area contributed by atoms with Crippen LogP contribution in [-0.4, -0.2) is 35.9 Å². The van der Waals surface area contributed by atoms with Crippen LogP contribution in [0.15, 0.2) is 28.3 Å². The van der Waals surface area contributed by atoms with E-state index in [0.717, 1.165) is 12.1 Å². The van der Waals surface area contributed by atoms with Gasteiger partial charge in [0.05, 0.1) is 17.4 Å². The van der Waals surface area contributed by atoms with Crippen LogP contribution in [0.3, 0.4) is 0 Å². The lowest BCUT2D eigenvalue weighted by atomic mass is 10.3. The minimum absolute atomic E-state index is 0.144. The Morgan fingerprint density at radius 1 is 1.00 bits per heavy atom. The molecule has 3 N–H and O–H groups in total. The lowest BCUT2D eigenvalue weighted by Crippen LogP contribution is -2.08. The maximum atomic E-state index is 11.0. The third kappa shape index (κ3) is 2.15. The first-order valence-electron chi connectivity index (χ1n) is 4.12. The highest BCUT2D eigenvalue weighted by atomic mass is 32.2. The van der Waals surface area contributed by atoms with E-state index in [1.54, 1.807) is 0 Å². The molecule has 92 valence electrons. The van der Waals surface area contributed by atoms with Crippen molar-refractivity contribution in [3.05, 3.63) is 18.5 Å². The second-order valence-corrected chi connectivity index (χ2v) is 5.95. The Kier molecular flexibility index (Phi) is 2.47. The van der Waals surface area contributed by atoms with E-state index in [1.165, 1.54) is 6.33 Å². The molecule has 0 unspecified atom stereocenters. The quantitative estimate of drug-likeness (QED) is 0.660. The van der Waals surface area contributed by atoms with Gasteiger partial charge in [-0.05, 0) is 12.1 Å². The van der Waals surface area contributed by atoms with Crippen molar-refractivity contribution >= 4 is 31.3 Å². The molecule has 8 nitrogen and oxygen atoms in total. The first-order valence-corrected chi connectivity index (χ1v) is 7.00. The van der Waals surface area contributed by atoms with Crippen LogP contribution >= 0.6 is 0 Å². The van der Waals surface area contributed by atoms with Crippen LogP contribution in [0.4, 0.5) is 0 Å². The number of H-pyrrole nitrogens is 1. The van der Waals surface area contributed by atoms with Crippen molar-refractivity contribution in [3.8, 4) is 0 Å². The number of aromatic nitrogens is 2. The number of fused-ring (bicyclic) bond motifs is 1. The fourth-order valence-electron chi connectivity index (χ4n) is 1.35. The van der Waals surface area contributed by atoms with Crippen LogP contribution < -0.4 is 0 Å². The van der Waals surface area contributed by atoms with E-state index >= 15 is 0 Å². The van der Waals surface area contributed by atoms with Crippen molar-refractivity contribution in [3.63, 3.8) is 0 Å². The van der Waals surface area contributed by atoms with Crippen molar-refractivity contribution in [2.45, 2.75) is 9.79 Å². The average Bonchev–Trinajstić information content (AvgIpc) is 2.59. The van der Waals surface area contributed by atoms with Crippen LogP contribution in [0.5, 0.6) is 0 Å². The Hall–Kier alpha value is -1.49. The maximum Gasteiger partial charge on any atom is 0.295 e. The van der Waals surface area contributed by atoms with Crippen LogP contribution in [0.1, 0.15) is 0 Å². The molecule has 2 aromatic rings. The van der Waals surface area contributed by atoms with Gasteiger partial charge in [-0.25, -0.2) is 4.98 Å². The smallest absolute Gasteiger partial charge is 0.295 e. The van der Waals surface area contributed by atoms with Gasteiger partial charge >= 0.3 is 0 Å². The highest BCUT2D eigenvalue weighted by molar-refractivity contribution is 7.89. The SMILES string of the molecule is O=S(=O)(O)c1cc2nc[nH]c2cc1S(=O)(=O)O. The number of rotatable bonds is 2. The van der Waals surface area contributed by atoms with Gasteiger partial charge in [-0.2, -0.15) is 16.8 Å². The fourth-order valence-corrected chi connectivity index (χ4v) is 3.13. The van der Waals surface area contributed by atoms with Gasteiger partial charge in [0.15, 0.2) is 0 Å². The predicted octanol–water partition coefficient (Wildman–Crippen LogP) is 0.0563. The standard InChI is InChI=1S/C7H6N2O6S2/c10-16(11,12)6-1-4-5(9-3-8-4)2-7(6)17(13,14)15/h1-3H,(H,8,9)(H,10,11,12)(H,13,14,15). The van der Waals surface area contributed by atoms with Crippen LogP contribution in [-0.2, 0) is 20.2 Å². The fraction of sp³-hybridized carbons (Fsp3) is 0. The Morgan fingerprint density at radius 2 is 1.53 bits per heavy atom. The summed E-state index contributed by atoms with van der Waals surface area (Å²) in [5, 5.41) is 0. The lowest BCUT2D eigenvalue weighted by molar-refractivity contribution is 0.467. The van der Waals surface area contributed by atoms with E-state index in [2.05, 4.69) is 9.97 Å². The molecule has 0 atom stereocenters. The zero-order valence-corrected chi connectivity index (χ0v) is 9.66. The van der Waals surface area contributed by atoms with E-state index in [1.807, 2.05) is 0 Å². The number of benzene rings is 1. The van der Waals surface area contributed by atoms with E-state index in [-0.39, 0.29) is 11.0 Å². The second-order valence-electron chi connectivity index (χ2n) is 3.17. The molecule has 0 aliphatic rings. The van der Waals surface area contributed by atoms with Gasteiger partial charge in [0.1, 0.15) is 9.79 Å². The van der Waals surface area contributed by atoms with E-state index in [0.29, 0.717) is 0 Å². The molecule has 2 rings (SSSR count). The second kappa shape index (κ2) is 3.50. The summed E-state index contributed by atoms with van der Waals surface area (Å²) >= 11 is 0. The summed E-state index contributed by atoms with van der Waals surface area (Å²) in [5.74, 6) is 0. The molecule has 1 aromatic carbocycles. The highest BCUT2D eigenvalue weighted by Gasteiger charge is 2.25. The number of nitrogens with zero attached hydrogens (tertiary/aromatic N) is 1. The molecule has 0 fully saturated rings.